The van der Waals surface area contributed by atoms with Gasteiger partial charge >= 0.3 is 0 Å². The topological polar surface area (TPSA) is 84.2 Å². The lowest BCUT2D eigenvalue weighted by Gasteiger charge is -2.18. The van der Waals surface area contributed by atoms with Gasteiger partial charge in [-0.1, -0.05) is 13.3 Å². The smallest absolute Gasteiger partial charge is 0.242 e. The molecule has 0 aliphatic rings. The summed E-state index contributed by atoms with van der Waals surface area (Å²) >= 11 is 0. The maximum Gasteiger partial charge on any atom is 0.242 e. The van der Waals surface area contributed by atoms with Gasteiger partial charge in [-0.25, -0.2) is 0 Å². The van der Waals surface area contributed by atoms with Gasteiger partial charge in [-0.2, -0.15) is 0 Å². The predicted octanol–water partition coefficient (Wildman–Crippen LogP) is 0.00220. The molecule has 2 amide bonds. The average Bonchev–Trinajstić information content (AvgIpc) is 2.25. The summed E-state index contributed by atoms with van der Waals surface area (Å²) in [6, 6.07) is -0.502. The Kier molecular flexibility index (Phi) is 7.54. The van der Waals surface area contributed by atoms with Crippen molar-refractivity contribution >= 4 is 11.8 Å². The Labute approximate surface area is 97.2 Å². The molecule has 0 heterocycles. The normalized spacial score (nSPS) is 14.0. The highest BCUT2D eigenvalue weighted by Gasteiger charge is 2.20. The predicted molar refractivity (Wildman–Crippen MR) is 63.7 cm³/mol. The molecule has 0 spiro atoms. The molecule has 0 aromatic carbocycles. The van der Waals surface area contributed by atoms with Crippen LogP contribution in [0, 0.1) is 5.92 Å². The van der Waals surface area contributed by atoms with Crippen molar-refractivity contribution < 1.29 is 9.59 Å². The molecule has 2 unspecified atom stereocenters. The first-order chi connectivity index (χ1) is 7.56. The quantitative estimate of drug-likeness (QED) is 0.574. The summed E-state index contributed by atoms with van der Waals surface area (Å²) in [5.41, 5.74) is 5.51. The monoisotopic (exact) mass is 229 g/mol. The number of rotatable bonds is 7. The fraction of sp³-hybridized carbons (Fsp3) is 0.818. The van der Waals surface area contributed by atoms with Crippen LogP contribution in [0.5, 0.6) is 0 Å². The SMILES string of the molecule is CCCC(CN)C(=O)NC(C)C(=O)NCC. The third-order valence-electron chi connectivity index (χ3n) is 2.40. The van der Waals surface area contributed by atoms with Crippen LogP contribution in [0.1, 0.15) is 33.6 Å². The first kappa shape index (κ1) is 14.9. The van der Waals surface area contributed by atoms with Gasteiger partial charge in [-0.05, 0) is 20.3 Å². The molecule has 0 aromatic heterocycles. The molecule has 5 heteroatoms. The number of likely N-dealkylation sites (N-methyl/N-ethyl adjacent to an activating group) is 1. The van der Waals surface area contributed by atoms with Crippen molar-refractivity contribution in [2.75, 3.05) is 13.1 Å². The summed E-state index contributed by atoms with van der Waals surface area (Å²) in [6.07, 6.45) is 1.66. The molecule has 2 atom stereocenters. The molecular weight excluding hydrogens is 206 g/mol. The van der Waals surface area contributed by atoms with E-state index in [2.05, 4.69) is 10.6 Å². The number of carbonyl (C=O) groups excluding carboxylic acids is 2. The van der Waals surface area contributed by atoms with E-state index < -0.39 is 6.04 Å². The lowest BCUT2D eigenvalue weighted by atomic mass is 10.0. The molecule has 0 rings (SSSR count). The van der Waals surface area contributed by atoms with Crippen LogP contribution in [0.25, 0.3) is 0 Å². The van der Waals surface area contributed by atoms with E-state index in [0.29, 0.717) is 13.1 Å². The van der Waals surface area contributed by atoms with E-state index in [4.69, 9.17) is 5.73 Å². The van der Waals surface area contributed by atoms with Crippen LogP contribution in [0.2, 0.25) is 0 Å². The second-order valence-electron chi connectivity index (χ2n) is 3.85. The fourth-order valence-electron chi connectivity index (χ4n) is 1.43. The van der Waals surface area contributed by atoms with Crippen LogP contribution in [0.4, 0.5) is 0 Å². The Morgan fingerprint density at radius 3 is 2.31 bits per heavy atom. The minimum atomic E-state index is -0.502. The van der Waals surface area contributed by atoms with Gasteiger partial charge in [0, 0.05) is 13.1 Å². The van der Waals surface area contributed by atoms with Crippen molar-refractivity contribution in [3.05, 3.63) is 0 Å². The Bertz CT molecular complexity index is 231. The van der Waals surface area contributed by atoms with Crippen LogP contribution in [-0.2, 0) is 9.59 Å². The minimum Gasteiger partial charge on any atom is -0.355 e. The van der Waals surface area contributed by atoms with Crippen molar-refractivity contribution in [2.24, 2.45) is 11.7 Å². The molecule has 0 aliphatic heterocycles. The Balaban J connectivity index is 4.15. The zero-order valence-corrected chi connectivity index (χ0v) is 10.4. The third-order valence-corrected chi connectivity index (χ3v) is 2.40. The van der Waals surface area contributed by atoms with Gasteiger partial charge in [0.2, 0.25) is 11.8 Å². The van der Waals surface area contributed by atoms with Gasteiger partial charge in [0.15, 0.2) is 0 Å². The molecule has 0 aromatic rings. The second kappa shape index (κ2) is 8.10. The number of nitrogens with one attached hydrogen (secondary N) is 2. The van der Waals surface area contributed by atoms with Gasteiger partial charge in [-0.15, -0.1) is 0 Å². The maximum atomic E-state index is 11.7. The number of nitrogens with two attached hydrogens (primary N) is 1. The molecule has 5 nitrogen and oxygen atoms in total. The fourth-order valence-corrected chi connectivity index (χ4v) is 1.43. The minimum absolute atomic E-state index is 0.136. The Morgan fingerprint density at radius 1 is 1.25 bits per heavy atom. The molecule has 0 aliphatic carbocycles. The highest BCUT2D eigenvalue weighted by atomic mass is 16.2. The van der Waals surface area contributed by atoms with E-state index >= 15 is 0 Å². The van der Waals surface area contributed by atoms with Crippen LogP contribution in [0.15, 0.2) is 0 Å². The van der Waals surface area contributed by atoms with Crippen molar-refractivity contribution in [1.29, 1.82) is 0 Å². The summed E-state index contributed by atoms with van der Waals surface area (Å²) in [7, 11) is 0. The number of carbonyl (C=O) groups is 2. The average molecular weight is 229 g/mol. The van der Waals surface area contributed by atoms with Crippen molar-refractivity contribution in [1.82, 2.24) is 10.6 Å². The molecule has 16 heavy (non-hydrogen) atoms. The summed E-state index contributed by atoms with van der Waals surface area (Å²) in [6.45, 7) is 6.40. The van der Waals surface area contributed by atoms with Crippen LogP contribution < -0.4 is 16.4 Å². The van der Waals surface area contributed by atoms with Gasteiger partial charge in [-0.3, -0.25) is 9.59 Å². The molecule has 0 radical (unpaired) electrons. The van der Waals surface area contributed by atoms with E-state index in [1.807, 2.05) is 13.8 Å². The highest BCUT2D eigenvalue weighted by Crippen LogP contribution is 2.04. The van der Waals surface area contributed by atoms with Gasteiger partial charge in [0.25, 0.3) is 0 Å². The summed E-state index contributed by atoms with van der Waals surface area (Å²) in [5, 5.41) is 5.32. The standard InChI is InChI=1S/C11H23N3O2/c1-4-6-9(7-12)11(16)14-8(3)10(15)13-5-2/h8-9H,4-7,12H2,1-3H3,(H,13,15)(H,14,16). The van der Waals surface area contributed by atoms with Crippen LogP contribution in [-0.4, -0.2) is 30.9 Å². The van der Waals surface area contributed by atoms with E-state index in [9.17, 15) is 9.59 Å². The summed E-state index contributed by atoms with van der Waals surface area (Å²) < 4.78 is 0. The van der Waals surface area contributed by atoms with Crippen molar-refractivity contribution in [2.45, 2.75) is 39.7 Å². The summed E-state index contributed by atoms with van der Waals surface area (Å²) in [4.78, 5) is 23.1. The van der Waals surface area contributed by atoms with Gasteiger partial charge in [0.1, 0.15) is 6.04 Å². The van der Waals surface area contributed by atoms with Crippen LogP contribution in [0.3, 0.4) is 0 Å². The van der Waals surface area contributed by atoms with E-state index in [0.717, 1.165) is 12.8 Å². The lowest BCUT2D eigenvalue weighted by Crippen LogP contribution is -2.47. The summed E-state index contributed by atoms with van der Waals surface area (Å²) in [5.74, 6) is -0.493. The Hall–Kier alpha value is -1.10. The van der Waals surface area contributed by atoms with Crippen molar-refractivity contribution in [3.63, 3.8) is 0 Å². The molecule has 0 fully saturated rings. The molecule has 0 bridgehead atoms. The number of hydrogen-bond donors (Lipinski definition) is 3. The van der Waals surface area contributed by atoms with Crippen LogP contribution >= 0.6 is 0 Å². The molecule has 0 saturated heterocycles. The second-order valence-corrected chi connectivity index (χ2v) is 3.85. The highest BCUT2D eigenvalue weighted by molar-refractivity contribution is 5.88. The largest absolute Gasteiger partial charge is 0.355 e. The lowest BCUT2D eigenvalue weighted by molar-refractivity contribution is -0.130. The first-order valence-corrected chi connectivity index (χ1v) is 5.84. The zero-order chi connectivity index (χ0) is 12.6. The number of amides is 2. The third kappa shape index (κ3) is 5.11. The molecule has 94 valence electrons. The van der Waals surface area contributed by atoms with Crippen molar-refractivity contribution in [3.8, 4) is 0 Å². The molecule has 0 saturated carbocycles. The zero-order valence-electron chi connectivity index (χ0n) is 10.4. The molecular formula is C11H23N3O2. The Morgan fingerprint density at radius 2 is 1.88 bits per heavy atom. The first-order valence-electron chi connectivity index (χ1n) is 5.84. The van der Waals surface area contributed by atoms with Gasteiger partial charge < -0.3 is 16.4 Å². The molecule has 4 N–H and O–H groups in total. The maximum absolute atomic E-state index is 11.7. The van der Waals surface area contributed by atoms with E-state index in [1.54, 1.807) is 6.92 Å². The number of hydrogen-bond acceptors (Lipinski definition) is 3. The van der Waals surface area contributed by atoms with E-state index in [-0.39, 0.29) is 17.7 Å². The van der Waals surface area contributed by atoms with Gasteiger partial charge in [0.05, 0.1) is 5.92 Å². The van der Waals surface area contributed by atoms with E-state index in [1.165, 1.54) is 0 Å².